The fourth-order valence-corrected chi connectivity index (χ4v) is 3.17. The summed E-state index contributed by atoms with van der Waals surface area (Å²) in [5.74, 6) is 0.434. The quantitative estimate of drug-likeness (QED) is 0.477. The molecule has 1 aliphatic heterocycles. The Hall–Kier alpha value is -2.91. The minimum absolute atomic E-state index is 0.214. The Kier molecular flexibility index (Phi) is 5.27. The fourth-order valence-electron chi connectivity index (χ4n) is 3.17. The average molecular weight is 383 g/mol. The second kappa shape index (κ2) is 7.99. The van der Waals surface area contributed by atoms with E-state index in [0.29, 0.717) is 5.82 Å². The molecule has 1 aliphatic carbocycles. The number of allylic oxidation sites excluding steroid dienone is 1. The van der Waals surface area contributed by atoms with Gasteiger partial charge < -0.3 is 31.5 Å². The molecule has 2 fully saturated rings. The summed E-state index contributed by atoms with van der Waals surface area (Å²) in [5.41, 5.74) is 9.44. The Balaban J connectivity index is 1.51. The van der Waals surface area contributed by atoms with Gasteiger partial charge in [0.05, 0.1) is 29.9 Å². The molecule has 1 aromatic heterocycles. The normalized spacial score (nSPS) is 18.6. The number of H-pyrrole nitrogens is 1. The van der Waals surface area contributed by atoms with Gasteiger partial charge in [0.25, 0.3) is 0 Å². The van der Waals surface area contributed by atoms with Crippen molar-refractivity contribution in [2.75, 3.05) is 26.3 Å². The number of hydrogen-bond donors (Lipinski definition) is 5. The van der Waals surface area contributed by atoms with Crippen LogP contribution in [0.5, 0.6) is 0 Å². The van der Waals surface area contributed by atoms with Gasteiger partial charge in [0.15, 0.2) is 5.82 Å². The molecule has 9 nitrogen and oxygen atoms in total. The highest BCUT2D eigenvalue weighted by Crippen LogP contribution is 2.20. The number of ether oxygens (including phenoxy) is 1. The van der Waals surface area contributed by atoms with Crippen molar-refractivity contribution in [2.45, 2.75) is 25.4 Å². The molecule has 28 heavy (non-hydrogen) atoms. The molecule has 9 heteroatoms. The third-order valence-corrected chi connectivity index (χ3v) is 4.91. The van der Waals surface area contributed by atoms with Crippen molar-refractivity contribution in [1.82, 2.24) is 25.5 Å². The van der Waals surface area contributed by atoms with Gasteiger partial charge in [-0.1, -0.05) is 6.07 Å². The van der Waals surface area contributed by atoms with E-state index in [1.54, 1.807) is 0 Å². The number of carbonyl (C=O) groups excluding carboxylic acids is 1. The number of morpholine rings is 1. The molecule has 0 radical (unpaired) electrons. The first-order valence-corrected chi connectivity index (χ1v) is 9.49. The molecule has 0 atom stereocenters. The number of carbonyl (C=O) groups is 1. The van der Waals surface area contributed by atoms with Crippen molar-refractivity contribution in [3.05, 3.63) is 35.3 Å². The first-order chi connectivity index (χ1) is 13.6. The molecule has 2 heterocycles. The first kappa shape index (κ1) is 18.5. The third-order valence-electron chi connectivity index (χ3n) is 4.91. The molecule has 2 amide bonds. The smallest absolute Gasteiger partial charge is 0.319 e. The lowest BCUT2D eigenvalue weighted by molar-refractivity contribution is 0.0342. The van der Waals surface area contributed by atoms with Crippen LogP contribution in [-0.4, -0.2) is 59.5 Å². The van der Waals surface area contributed by atoms with Gasteiger partial charge in [0, 0.05) is 31.9 Å². The Labute approximate surface area is 162 Å². The minimum Gasteiger partial charge on any atom is -0.394 e. The van der Waals surface area contributed by atoms with Crippen LogP contribution < -0.4 is 16.4 Å². The average Bonchev–Trinajstić information content (AvgIpc) is 3.41. The summed E-state index contributed by atoms with van der Waals surface area (Å²) in [6.45, 7) is 4.24. The van der Waals surface area contributed by atoms with E-state index in [0.717, 1.165) is 62.9 Å². The Morgan fingerprint density at radius 1 is 1.39 bits per heavy atom. The van der Waals surface area contributed by atoms with E-state index in [4.69, 9.17) is 15.9 Å². The summed E-state index contributed by atoms with van der Waals surface area (Å²) in [6.07, 6.45) is 3.00. The molecule has 0 spiro atoms. The van der Waals surface area contributed by atoms with Gasteiger partial charge in [-0.15, -0.1) is 0 Å². The number of rotatable bonds is 6. The standard InChI is InChI=1S/C19H25N7O2/c20-10-16(25-19(27)22-13-2-3-13)17(21)18-23-14-4-1-12(9-15(14)24-18)11-26-5-7-28-8-6-26/h1,4,9-10,13,20H,2-3,5-8,11,21H2,(H,23,24)(H2,22,25,27)/b17-16+,20-10?. The summed E-state index contributed by atoms with van der Waals surface area (Å²) in [4.78, 5) is 22.0. The molecule has 6 N–H and O–H groups in total. The van der Waals surface area contributed by atoms with Crippen LogP contribution in [0.4, 0.5) is 4.79 Å². The van der Waals surface area contributed by atoms with Crippen molar-refractivity contribution in [3.63, 3.8) is 0 Å². The third kappa shape index (κ3) is 4.32. The van der Waals surface area contributed by atoms with Crippen molar-refractivity contribution in [1.29, 1.82) is 5.41 Å². The molecule has 1 saturated heterocycles. The largest absolute Gasteiger partial charge is 0.394 e. The topological polar surface area (TPSA) is 132 Å². The number of aromatic nitrogens is 2. The SMILES string of the molecule is N=C/C(NC(=O)NC1CC1)=C(\N)c1nc2cc(CN3CCOCC3)ccc2[nH]1. The van der Waals surface area contributed by atoms with Gasteiger partial charge >= 0.3 is 6.03 Å². The number of urea groups is 1. The maximum atomic E-state index is 11.9. The zero-order valence-electron chi connectivity index (χ0n) is 15.6. The van der Waals surface area contributed by atoms with Crippen LogP contribution in [0.1, 0.15) is 24.2 Å². The predicted octanol–water partition coefficient (Wildman–Crippen LogP) is 1.13. The minimum atomic E-state index is -0.354. The highest BCUT2D eigenvalue weighted by atomic mass is 16.5. The zero-order valence-corrected chi connectivity index (χ0v) is 15.6. The second-order valence-electron chi connectivity index (χ2n) is 7.17. The van der Waals surface area contributed by atoms with Gasteiger partial charge in [0.2, 0.25) is 0 Å². The number of amides is 2. The molecule has 2 aromatic rings. The summed E-state index contributed by atoms with van der Waals surface area (Å²) in [5, 5.41) is 13.0. The van der Waals surface area contributed by atoms with Crippen LogP contribution >= 0.6 is 0 Å². The van der Waals surface area contributed by atoms with Crippen molar-refractivity contribution in [3.8, 4) is 0 Å². The molecule has 1 saturated carbocycles. The molecule has 2 aliphatic rings. The van der Waals surface area contributed by atoms with Crippen molar-refractivity contribution in [2.24, 2.45) is 5.73 Å². The summed E-state index contributed by atoms with van der Waals surface area (Å²) in [6, 6.07) is 5.96. The Bertz CT molecular complexity index is 910. The van der Waals surface area contributed by atoms with Crippen LogP contribution in [0, 0.1) is 5.41 Å². The summed E-state index contributed by atoms with van der Waals surface area (Å²) >= 11 is 0. The van der Waals surface area contributed by atoms with Gasteiger partial charge in [-0.3, -0.25) is 4.90 Å². The monoisotopic (exact) mass is 383 g/mol. The van der Waals surface area contributed by atoms with Gasteiger partial charge in [0.1, 0.15) is 5.70 Å². The number of fused-ring (bicyclic) bond motifs is 1. The molecule has 148 valence electrons. The zero-order chi connectivity index (χ0) is 19.5. The van der Waals surface area contributed by atoms with Gasteiger partial charge in [-0.05, 0) is 30.5 Å². The number of nitrogens with zero attached hydrogens (tertiary/aromatic N) is 2. The molecule has 0 bridgehead atoms. The Morgan fingerprint density at radius 2 is 2.18 bits per heavy atom. The lowest BCUT2D eigenvalue weighted by Crippen LogP contribution is -2.37. The lowest BCUT2D eigenvalue weighted by Gasteiger charge is -2.26. The van der Waals surface area contributed by atoms with E-state index in [1.165, 1.54) is 5.56 Å². The molecule has 1 aromatic carbocycles. The number of hydrogen-bond acceptors (Lipinski definition) is 6. The van der Waals surface area contributed by atoms with Gasteiger partial charge in [-0.25, -0.2) is 9.78 Å². The second-order valence-corrected chi connectivity index (χ2v) is 7.17. The van der Waals surface area contributed by atoms with Crippen molar-refractivity contribution >= 4 is 29.0 Å². The number of benzene rings is 1. The Morgan fingerprint density at radius 3 is 2.89 bits per heavy atom. The van der Waals surface area contributed by atoms with Crippen LogP contribution in [0.25, 0.3) is 16.7 Å². The number of nitrogens with one attached hydrogen (secondary N) is 4. The van der Waals surface area contributed by atoms with E-state index >= 15 is 0 Å². The molecular formula is C19H25N7O2. The van der Waals surface area contributed by atoms with Crippen LogP contribution in [0.15, 0.2) is 23.9 Å². The van der Waals surface area contributed by atoms with E-state index in [1.807, 2.05) is 12.1 Å². The molecule has 4 rings (SSSR count). The first-order valence-electron chi connectivity index (χ1n) is 9.49. The molecule has 0 unspecified atom stereocenters. The number of nitrogens with two attached hydrogens (primary N) is 1. The van der Waals surface area contributed by atoms with E-state index in [2.05, 4.69) is 31.6 Å². The number of imidazole rings is 1. The highest BCUT2D eigenvalue weighted by Gasteiger charge is 2.23. The van der Waals surface area contributed by atoms with Gasteiger partial charge in [-0.2, -0.15) is 0 Å². The summed E-state index contributed by atoms with van der Waals surface area (Å²) < 4.78 is 5.39. The van der Waals surface area contributed by atoms with E-state index in [9.17, 15) is 4.79 Å². The number of aromatic amines is 1. The van der Waals surface area contributed by atoms with Crippen molar-refractivity contribution < 1.29 is 9.53 Å². The van der Waals surface area contributed by atoms with Crippen LogP contribution in [0.3, 0.4) is 0 Å². The molecular weight excluding hydrogens is 358 g/mol. The maximum Gasteiger partial charge on any atom is 0.319 e. The lowest BCUT2D eigenvalue weighted by atomic mass is 10.2. The van der Waals surface area contributed by atoms with Crippen LogP contribution in [0.2, 0.25) is 0 Å². The highest BCUT2D eigenvalue weighted by molar-refractivity contribution is 5.93. The predicted molar refractivity (Wildman–Crippen MR) is 107 cm³/mol. The fraction of sp³-hybridized carbons (Fsp3) is 0.421. The van der Waals surface area contributed by atoms with E-state index < -0.39 is 0 Å². The summed E-state index contributed by atoms with van der Waals surface area (Å²) in [7, 11) is 0. The van der Waals surface area contributed by atoms with Crippen LogP contribution in [-0.2, 0) is 11.3 Å². The maximum absolute atomic E-state index is 11.9. The van der Waals surface area contributed by atoms with E-state index in [-0.39, 0.29) is 23.5 Å².